The molecule has 76 valence electrons. The van der Waals surface area contributed by atoms with Gasteiger partial charge in [0, 0.05) is 6.08 Å². The summed E-state index contributed by atoms with van der Waals surface area (Å²) >= 11 is 0. The average Bonchev–Trinajstić information content (AvgIpc) is 2.60. The quantitative estimate of drug-likeness (QED) is 0.651. The van der Waals surface area contributed by atoms with E-state index in [4.69, 9.17) is 10.00 Å². The molecule has 0 radical (unpaired) electrons. The van der Waals surface area contributed by atoms with Crippen LogP contribution in [0.15, 0.2) is 18.2 Å². The summed E-state index contributed by atoms with van der Waals surface area (Å²) in [5.41, 5.74) is 4.80. The summed E-state index contributed by atoms with van der Waals surface area (Å²) in [6, 6.07) is 6.30. The first-order valence-electron chi connectivity index (χ1n) is 5.03. The number of nitrogens with zero attached hydrogens (tertiary/aromatic N) is 1. The topological polar surface area (TPSA) is 33.0 Å². The van der Waals surface area contributed by atoms with E-state index in [2.05, 4.69) is 12.1 Å². The number of hydrogen-bond acceptors (Lipinski definition) is 2. The number of hydrogen-bond donors (Lipinski definition) is 0. The fourth-order valence-corrected chi connectivity index (χ4v) is 2.11. The lowest BCUT2D eigenvalue weighted by atomic mass is 10.0. The van der Waals surface area contributed by atoms with Gasteiger partial charge in [-0.2, -0.15) is 5.26 Å². The van der Waals surface area contributed by atoms with Crippen LogP contribution in [0.1, 0.15) is 23.1 Å². The van der Waals surface area contributed by atoms with E-state index in [0.717, 1.165) is 29.7 Å². The first-order valence-corrected chi connectivity index (χ1v) is 5.03. The first-order chi connectivity index (χ1) is 7.26. The van der Waals surface area contributed by atoms with Crippen molar-refractivity contribution >= 4 is 5.57 Å². The van der Waals surface area contributed by atoms with Gasteiger partial charge in [0.1, 0.15) is 5.75 Å². The Morgan fingerprint density at radius 2 is 2.20 bits per heavy atom. The summed E-state index contributed by atoms with van der Waals surface area (Å²) in [5.74, 6) is 0.902. The normalized spacial score (nSPS) is 16.2. The van der Waals surface area contributed by atoms with E-state index in [1.165, 1.54) is 11.1 Å². The molecule has 1 aliphatic rings. The van der Waals surface area contributed by atoms with Crippen molar-refractivity contribution in [3.63, 3.8) is 0 Å². The zero-order valence-corrected chi connectivity index (χ0v) is 9.00. The fraction of sp³-hybridized carbons (Fsp3) is 0.308. The Bertz CT molecular complexity index is 466. The maximum Gasteiger partial charge on any atom is 0.122 e. The number of methoxy groups -OCH3 is 1. The number of nitriles is 1. The van der Waals surface area contributed by atoms with Gasteiger partial charge in [0.2, 0.25) is 0 Å². The van der Waals surface area contributed by atoms with Crippen LogP contribution in [-0.2, 0) is 6.42 Å². The lowest BCUT2D eigenvalue weighted by Crippen LogP contribution is -1.90. The Morgan fingerprint density at radius 3 is 2.87 bits per heavy atom. The zero-order valence-electron chi connectivity index (χ0n) is 9.00. The highest BCUT2D eigenvalue weighted by Crippen LogP contribution is 2.36. The molecule has 0 N–H and O–H groups in total. The van der Waals surface area contributed by atoms with Crippen molar-refractivity contribution in [1.29, 1.82) is 5.26 Å². The second-order valence-electron chi connectivity index (χ2n) is 3.78. The minimum atomic E-state index is 0.902. The van der Waals surface area contributed by atoms with Gasteiger partial charge in [-0.25, -0.2) is 0 Å². The fourth-order valence-electron chi connectivity index (χ4n) is 2.11. The smallest absolute Gasteiger partial charge is 0.122 e. The SMILES string of the molecule is COc1cc2c(cc1C)CC/C2=C\C#N. The van der Waals surface area contributed by atoms with Crippen molar-refractivity contribution in [1.82, 2.24) is 0 Å². The standard InChI is InChI=1S/C13H13NO/c1-9-7-11-4-3-10(5-6-14)12(11)8-13(9)15-2/h5,7-8H,3-4H2,1-2H3/b10-5+. The molecule has 0 heterocycles. The minimum absolute atomic E-state index is 0.902. The van der Waals surface area contributed by atoms with Crippen LogP contribution >= 0.6 is 0 Å². The molecule has 0 aromatic heterocycles. The van der Waals surface area contributed by atoms with Crippen LogP contribution in [-0.4, -0.2) is 7.11 Å². The molecule has 0 spiro atoms. The molecule has 0 fully saturated rings. The van der Waals surface area contributed by atoms with Gasteiger partial charge in [0.25, 0.3) is 0 Å². The predicted molar refractivity (Wildman–Crippen MR) is 59.6 cm³/mol. The molecule has 1 aromatic carbocycles. The van der Waals surface area contributed by atoms with Crippen molar-refractivity contribution in [2.75, 3.05) is 7.11 Å². The summed E-state index contributed by atoms with van der Waals surface area (Å²) in [7, 11) is 1.68. The molecule has 0 saturated heterocycles. The molecule has 0 aliphatic heterocycles. The van der Waals surface area contributed by atoms with Gasteiger partial charge in [0.05, 0.1) is 13.2 Å². The highest BCUT2D eigenvalue weighted by atomic mass is 16.5. The van der Waals surface area contributed by atoms with Gasteiger partial charge in [0.15, 0.2) is 0 Å². The highest BCUT2D eigenvalue weighted by molar-refractivity contribution is 5.75. The predicted octanol–water partition coefficient (Wildman–Crippen LogP) is 2.86. The molecular formula is C13H13NO. The van der Waals surface area contributed by atoms with E-state index in [1.54, 1.807) is 13.2 Å². The number of aryl methyl sites for hydroxylation is 2. The van der Waals surface area contributed by atoms with Gasteiger partial charge < -0.3 is 4.74 Å². The van der Waals surface area contributed by atoms with E-state index in [1.807, 2.05) is 13.0 Å². The van der Waals surface area contributed by atoms with Crippen LogP contribution < -0.4 is 4.74 Å². The van der Waals surface area contributed by atoms with Gasteiger partial charge in [-0.3, -0.25) is 0 Å². The monoisotopic (exact) mass is 199 g/mol. The number of fused-ring (bicyclic) bond motifs is 1. The van der Waals surface area contributed by atoms with E-state index in [-0.39, 0.29) is 0 Å². The highest BCUT2D eigenvalue weighted by Gasteiger charge is 2.17. The average molecular weight is 199 g/mol. The lowest BCUT2D eigenvalue weighted by Gasteiger charge is -2.08. The van der Waals surface area contributed by atoms with E-state index in [9.17, 15) is 0 Å². The zero-order chi connectivity index (χ0) is 10.8. The van der Waals surface area contributed by atoms with Crippen LogP contribution in [0.4, 0.5) is 0 Å². The van der Waals surface area contributed by atoms with Gasteiger partial charge in [-0.1, -0.05) is 6.07 Å². The molecule has 0 bridgehead atoms. The molecule has 15 heavy (non-hydrogen) atoms. The van der Waals surface area contributed by atoms with Crippen LogP contribution in [0.2, 0.25) is 0 Å². The molecule has 2 rings (SSSR count). The number of ether oxygens (including phenoxy) is 1. The van der Waals surface area contributed by atoms with E-state index in [0.29, 0.717) is 0 Å². The Labute approximate surface area is 89.8 Å². The Hall–Kier alpha value is -1.75. The van der Waals surface area contributed by atoms with Crippen LogP contribution in [0.3, 0.4) is 0 Å². The van der Waals surface area contributed by atoms with Gasteiger partial charge >= 0.3 is 0 Å². The molecule has 0 atom stereocenters. The third kappa shape index (κ3) is 1.61. The van der Waals surface area contributed by atoms with E-state index < -0.39 is 0 Å². The molecule has 2 nitrogen and oxygen atoms in total. The van der Waals surface area contributed by atoms with Gasteiger partial charge in [-0.05, 0) is 48.1 Å². The van der Waals surface area contributed by atoms with Crippen molar-refractivity contribution in [2.24, 2.45) is 0 Å². The number of allylic oxidation sites excluding steroid dienone is 2. The summed E-state index contributed by atoms with van der Waals surface area (Å²) in [6.07, 6.45) is 3.64. The summed E-state index contributed by atoms with van der Waals surface area (Å²) in [6.45, 7) is 2.05. The van der Waals surface area contributed by atoms with Gasteiger partial charge in [-0.15, -0.1) is 0 Å². The summed E-state index contributed by atoms with van der Waals surface area (Å²) in [5, 5.41) is 8.68. The molecule has 2 heteroatoms. The molecular weight excluding hydrogens is 186 g/mol. The van der Waals surface area contributed by atoms with Crippen LogP contribution in [0.5, 0.6) is 5.75 Å². The lowest BCUT2D eigenvalue weighted by molar-refractivity contribution is 0.411. The molecule has 1 aliphatic carbocycles. The Kier molecular flexibility index (Phi) is 2.47. The largest absolute Gasteiger partial charge is 0.496 e. The third-order valence-corrected chi connectivity index (χ3v) is 2.87. The van der Waals surface area contributed by atoms with Crippen LogP contribution in [0, 0.1) is 18.3 Å². The molecule has 0 amide bonds. The van der Waals surface area contributed by atoms with Crippen molar-refractivity contribution in [2.45, 2.75) is 19.8 Å². The molecule has 0 unspecified atom stereocenters. The molecule has 0 saturated carbocycles. The summed E-state index contributed by atoms with van der Waals surface area (Å²) < 4.78 is 5.29. The summed E-state index contributed by atoms with van der Waals surface area (Å²) in [4.78, 5) is 0. The third-order valence-electron chi connectivity index (χ3n) is 2.87. The van der Waals surface area contributed by atoms with Crippen molar-refractivity contribution in [3.05, 3.63) is 34.9 Å². The van der Waals surface area contributed by atoms with Crippen molar-refractivity contribution in [3.8, 4) is 11.8 Å². The maximum atomic E-state index is 8.68. The maximum absolute atomic E-state index is 8.68. The minimum Gasteiger partial charge on any atom is -0.496 e. The second-order valence-corrected chi connectivity index (χ2v) is 3.78. The second kappa shape index (κ2) is 3.78. The number of rotatable bonds is 1. The Balaban J connectivity index is 2.55. The number of benzene rings is 1. The Morgan fingerprint density at radius 1 is 1.40 bits per heavy atom. The first kappa shape index (κ1) is 9.79. The molecule has 1 aromatic rings. The van der Waals surface area contributed by atoms with Crippen LogP contribution in [0.25, 0.3) is 5.57 Å². The van der Waals surface area contributed by atoms with Crippen molar-refractivity contribution < 1.29 is 4.74 Å². The van der Waals surface area contributed by atoms with E-state index >= 15 is 0 Å².